The molecule has 2 aromatic rings. The lowest BCUT2D eigenvalue weighted by molar-refractivity contribution is -0.108. The van der Waals surface area contributed by atoms with Crippen molar-refractivity contribution in [3.05, 3.63) is 46.5 Å². The van der Waals surface area contributed by atoms with Crippen LogP contribution in [0.5, 0.6) is 17.2 Å². The van der Waals surface area contributed by atoms with Gasteiger partial charge in [0, 0.05) is 30.2 Å². The van der Waals surface area contributed by atoms with Gasteiger partial charge in [-0.2, -0.15) is 0 Å². The number of nitrogens with zero attached hydrogens (tertiary/aromatic N) is 1. The molecule has 29 heavy (non-hydrogen) atoms. The Balaban J connectivity index is 2.32. The van der Waals surface area contributed by atoms with Gasteiger partial charge in [-0.3, -0.25) is 0 Å². The summed E-state index contributed by atoms with van der Waals surface area (Å²) < 4.78 is 16.8. The highest BCUT2D eigenvalue weighted by Crippen LogP contribution is 2.37. The number of methoxy groups -OCH3 is 2. The maximum absolute atomic E-state index is 10.7. The van der Waals surface area contributed by atoms with Crippen LogP contribution in [0.1, 0.15) is 36.4 Å². The number of rotatable bonds is 11. The number of ether oxygens (including phenoxy) is 3. The summed E-state index contributed by atoms with van der Waals surface area (Å²) in [5.41, 5.74) is 8.34. The molecule has 2 aromatic carbocycles. The molecule has 0 saturated carbocycles. The fourth-order valence-electron chi connectivity index (χ4n) is 3.17. The van der Waals surface area contributed by atoms with Crippen LogP contribution in [0.2, 0.25) is 5.02 Å². The quantitative estimate of drug-likeness (QED) is 0.328. The summed E-state index contributed by atoms with van der Waals surface area (Å²) in [6, 6.07) is 9.26. The Morgan fingerprint density at radius 1 is 1.10 bits per heavy atom. The van der Waals surface area contributed by atoms with Gasteiger partial charge in [0.25, 0.3) is 0 Å². The van der Waals surface area contributed by atoms with Crippen LogP contribution in [-0.2, 0) is 11.4 Å². The second-order valence-corrected chi connectivity index (χ2v) is 7.41. The number of hydrogen-bond donors (Lipinski definition) is 1. The SMILES string of the molecule is COc1cc(COc2cc(N)c(Cl)cc2C(CCCC=O)N(C)C)cc(OC)c1. The first kappa shape index (κ1) is 22.8. The van der Waals surface area contributed by atoms with E-state index in [4.69, 9.17) is 31.5 Å². The summed E-state index contributed by atoms with van der Waals surface area (Å²) in [5.74, 6) is 2.05. The van der Waals surface area contributed by atoms with Crippen molar-refractivity contribution in [2.24, 2.45) is 0 Å². The molecular weight excluding hydrogens is 392 g/mol. The van der Waals surface area contributed by atoms with E-state index in [1.165, 1.54) is 0 Å². The lowest BCUT2D eigenvalue weighted by Crippen LogP contribution is -2.21. The maximum Gasteiger partial charge on any atom is 0.126 e. The van der Waals surface area contributed by atoms with Gasteiger partial charge >= 0.3 is 0 Å². The average molecular weight is 421 g/mol. The molecule has 6 nitrogen and oxygen atoms in total. The van der Waals surface area contributed by atoms with Crippen LogP contribution in [0.4, 0.5) is 5.69 Å². The zero-order valence-electron chi connectivity index (χ0n) is 17.4. The standard InChI is InChI=1S/C22H29ClN2O4/c1-25(2)21(7-5-6-8-26)18-12-19(23)20(24)13-22(18)29-14-15-9-16(27-3)11-17(10-15)28-4/h8-13,21H,5-7,14,24H2,1-4H3. The van der Waals surface area contributed by atoms with Crippen LogP contribution >= 0.6 is 11.6 Å². The Bertz CT molecular complexity index is 804. The van der Waals surface area contributed by atoms with Crippen LogP contribution < -0.4 is 19.9 Å². The summed E-state index contributed by atoms with van der Waals surface area (Å²) in [5, 5.41) is 0.484. The molecule has 0 saturated heterocycles. The lowest BCUT2D eigenvalue weighted by atomic mass is 9.98. The molecule has 2 N–H and O–H groups in total. The minimum absolute atomic E-state index is 0.0443. The van der Waals surface area contributed by atoms with Crippen LogP contribution in [0.25, 0.3) is 0 Å². The highest BCUT2D eigenvalue weighted by atomic mass is 35.5. The number of halogens is 1. The number of benzene rings is 2. The molecule has 0 aromatic heterocycles. The van der Waals surface area contributed by atoms with Crippen molar-refractivity contribution in [2.75, 3.05) is 34.0 Å². The normalized spacial score (nSPS) is 11.9. The fraction of sp³-hybridized carbons (Fsp3) is 0.409. The van der Waals surface area contributed by atoms with E-state index in [2.05, 4.69) is 4.90 Å². The number of hydrogen-bond acceptors (Lipinski definition) is 6. The molecule has 0 heterocycles. The average Bonchev–Trinajstić information content (AvgIpc) is 2.71. The number of nitrogen functional groups attached to an aromatic ring is 1. The van der Waals surface area contributed by atoms with Gasteiger partial charge in [-0.15, -0.1) is 0 Å². The largest absolute Gasteiger partial charge is 0.497 e. The Hall–Kier alpha value is -2.44. The molecular formula is C22H29ClN2O4. The summed E-state index contributed by atoms with van der Waals surface area (Å²) in [7, 11) is 7.20. The van der Waals surface area contributed by atoms with Crippen molar-refractivity contribution >= 4 is 23.6 Å². The third kappa shape index (κ3) is 6.27. The number of carbonyl (C=O) groups excluding carboxylic acids is 1. The fourth-order valence-corrected chi connectivity index (χ4v) is 3.34. The molecule has 0 aliphatic carbocycles. The highest BCUT2D eigenvalue weighted by molar-refractivity contribution is 6.33. The lowest BCUT2D eigenvalue weighted by Gasteiger charge is -2.27. The van der Waals surface area contributed by atoms with Crippen LogP contribution in [0.15, 0.2) is 30.3 Å². The number of nitrogens with two attached hydrogens (primary N) is 1. The topological polar surface area (TPSA) is 74.0 Å². The molecule has 158 valence electrons. The van der Waals surface area contributed by atoms with Crippen molar-refractivity contribution in [1.29, 1.82) is 0 Å². The summed E-state index contributed by atoms with van der Waals surface area (Å²) in [6.07, 6.45) is 3.04. The number of unbranched alkanes of at least 4 members (excludes halogenated alkanes) is 1. The third-order valence-electron chi connectivity index (χ3n) is 4.72. The van der Waals surface area contributed by atoms with Gasteiger partial charge < -0.3 is 29.6 Å². The number of carbonyl (C=O) groups is 1. The minimum atomic E-state index is 0.0443. The van der Waals surface area contributed by atoms with E-state index < -0.39 is 0 Å². The predicted molar refractivity (Wildman–Crippen MR) is 116 cm³/mol. The molecule has 0 fully saturated rings. The van der Waals surface area contributed by atoms with Gasteiger partial charge in [-0.1, -0.05) is 11.6 Å². The first-order valence-corrected chi connectivity index (χ1v) is 9.81. The summed E-state index contributed by atoms with van der Waals surface area (Å²) >= 11 is 6.30. The van der Waals surface area contributed by atoms with E-state index in [0.717, 1.165) is 30.3 Å². The van der Waals surface area contributed by atoms with Crippen molar-refractivity contribution in [3.63, 3.8) is 0 Å². The molecule has 0 radical (unpaired) electrons. The van der Waals surface area contributed by atoms with E-state index in [-0.39, 0.29) is 6.04 Å². The summed E-state index contributed by atoms with van der Waals surface area (Å²) in [6.45, 7) is 0.316. The minimum Gasteiger partial charge on any atom is -0.497 e. The Morgan fingerprint density at radius 2 is 1.76 bits per heavy atom. The third-order valence-corrected chi connectivity index (χ3v) is 5.04. The number of anilines is 1. The van der Waals surface area contributed by atoms with E-state index in [1.54, 1.807) is 20.3 Å². The molecule has 2 rings (SSSR count). The van der Waals surface area contributed by atoms with Crippen molar-refractivity contribution < 1.29 is 19.0 Å². The van der Waals surface area contributed by atoms with E-state index in [0.29, 0.717) is 41.0 Å². The molecule has 1 atom stereocenters. The van der Waals surface area contributed by atoms with Crippen LogP contribution in [-0.4, -0.2) is 39.5 Å². The second kappa shape index (κ2) is 10.9. The molecule has 7 heteroatoms. The first-order chi connectivity index (χ1) is 13.9. The second-order valence-electron chi connectivity index (χ2n) is 7.00. The zero-order valence-corrected chi connectivity index (χ0v) is 18.2. The van der Waals surface area contributed by atoms with Crippen LogP contribution in [0, 0.1) is 0 Å². The van der Waals surface area contributed by atoms with Crippen molar-refractivity contribution in [2.45, 2.75) is 31.9 Å². The van der Waals surface area contributed by atoms with Crippen molar-refractivity contribution in [1.82, 2.24) is 4.90 Å². The van der Waals surface area contributed by atoms with Gasteiger partial charge in [0.2, 0.25) is 0 Å². The summed E-state index contributed by atoms with van der Waals surface area (Å²) in [4.78, 5) is 12.8. The van der Waals surface area contributed by atoms with Gasteiger partial charge in [0.05, 0.1) is 24.9 Å². The predicted octanol–water partition coefficient (Wildman–Crippen LogP) is 4.49. The molecule has 0 aliphatic rings. The van der Waals surface area contributed by atoms with Crippen molar-refractivity contribution in [3.8, 4) is 17.2 Å². The van der Waals surface area contributed by atoms with Gasteiger partial charge in [-0.05, 0) is 50.7 Å². The molecule has 0 amide bonds. The van der Waals surface area contributed by atoms with Crippen LogP contribution in [0.3, 0.4) is 0 Å². The number of aldehydes is 1. The molecule has 0 aliphatic heterocycles. The zero-order chi connectivity index (χ0) is 21.4. The van der Waals surface area contributed by atoms with Gasteiger partial charge in [0.15, 0.2) is 0 Å². The molecule has 0 bridgehead atoms. The smallest absolute Gasteiger partial charge is 0.126 e. The first-order valence-electron chi connectivity index (χ1n) is 9.43. The maximum atomic E-state index is 10.7. The van der Waals surface area contributed by atoms with Gasteiger partial charge in [0.1, 0.15) is 30.1 Å². The van der Waals surface area contributed by atoms with Gasteiger partial charge in [-0.25, -0.2) is 0 Å². The van der Waals surface area contributed by atoms with E-state index in [9.17, 15) is 4.79 Å². The highest BCUT2D eigenvalue weighted by Gasteiger charge is 2.20. The Labute approximate surface area is 177 Å². The monoisotopic (exact) mass is 420 g/mol. The Morgan fingerprint density at radius 3 is 2.31 bits per heavy atom. The molecule has 0 spiro atoms. The molecule has 1 unspecified atom stereocenters. The van der Waals surface area contributed by atoms with E-state index in [1.807, 2.05) is 38.4 Å². The Kier molecular flexibility index (Phi) is 8.61. The van der Waals surface area contributed by atoms with E-state index >= 15 is 0 Å².